The zero-order valence-electron chi connectivity index (χ0n) is 17.6. The van der Waals surface area contributed by atoms with Gasteiger partial charge in [0.1, 0.15) is 0 Å². The van der Waals surface area contributed by atoms with Crippen molar-refractivity contribution in [2.45, 2.75) is 23.7 Å². The molecule has 1 aliphatic rings. The number of rotatable bonds is 10. The molecule has 1 heterocycles. The maximum absolute atomic E-state index is 12.7. The molecule has 14 heteroatoms. The van der Waals surface area contributed by atoms with Crippen molar-refractivity contribution in [3.8, 4) is 0 Å². The Hall–Kier alpha value is -2.29. The monoisotopic (exact) mass is 537 g/mol. The van der Waals surface area contributed by atoms with Gasteiger partial charge in [-0.15, -0.1) is 21.1 Å². The minimum absolute atomic E-state index is 0.157. The van der Waals surface area contributed by atoms with Gasteiger partial charge in [-0.2, -0.15) is 33.4 Å². The predicted molar refractivity (Wildman–Crippen MR) is 120 cm³/mol. The van der Waals surface area contributed by atoms with Crippen LogP contribution in [0, 0.1) is 0 Å². The van der Waals surface area contributed by atoms with Crippen LogP contribution in [0.4, 0.5) is 13.2 Å². The van der Waals surface area contributed by atoms with Crippen molar-refractivity contribution in [2.24, 2.45) is 0 Å². The quantitative estimate of drug-likeness (QED) is 0.146. The number of hydrogen-bond acceptors (Lipinski definition) is 9. The van der Waals surface area contributed by atoms with E-state index >= 15 is 0 Å². The number of thioether (sulfide) groups is 2. The maximum atomic E-state index is 12.7. The summed E-state index contributed by atoms with van der Waals surface area (Å²) >= 11 is 3.00. The molecule has 0 radical (unpaired) electrons. The molecule has 0 saturated heterocycles. The van der Waals surface area contributed by atoms with E-state index in [0.29, 0.717) is 35.7 Å². The van der Waals surface area contributed by atoms with Crippen LogP contribution in [0.3, 0.4) is 0 Å². The lowest BCUT2D eigenvalue weighted by Crippen LogP contribution is -2.44. The van der Waals surface area contributed by atoms with Gasteiger partial charge < -0.3 is 4.74 Å². The normalized spacial score (nSPS) is 14.1. The Morgan fingerprint density at radius 2 is 1.71 bits per heavy atom. The summed E-state index contributed by atoms with van der Waals surface area (Å²) in [6.07, 6.45) is 0.303. The van der Waals surface area contributed by atoms with E-state index in [1.54, 1.807) is 30.8 Å². The summed E-state index contributed by atoms with van der Waals surface area (Å²) in [7, 11) is -6.22. The first-order chi connectivity index (χ1) is 16.0. The number of benzene rings is 2. The van der Waals surface area contributed by atoms with Gasteiger partial charge >= 0.3 is 21.6 Å². The predicted octanol–water partition coefficient (Wildman–Crippen LogP) is 4.00. The van der Waals surface area contributed by atoms with E-state index in [1.807, 2.05) is 0 Å². The van der Waals surface area contributed by atoms with Crippen molar-refractivity contribution in [2.75, 3.05) is 23.9 Å². The molecule has 0 fully saturated rings. The molecule has 2 amide bonds. The number of ether oxygens (including phenoxy) is 1. The first-order valence-corrected chi connectivity index (χ1v) is 13.3. The molecule has 0 aliphatic carbocycles. The Labute approximate surface area is 201 Å². The number of alkyl halides is 3. The number of esters is 1. The Balaban J connectivity index is 1.77. The Morgan fingerprint density at radius 1 is 1.03 bits per heavy atom. The molecular weight excluding hydrogens is 519 g/mol. The molecule has 184 valence electrons. The highest BCUT2D eigenvalue weighted by Gasteiger charge is 2.51. The van der Waals surface area contributed by atoms with E-state index < -0.39 is 27.4 Å². The summed E-state index contributed by atoms with van der Waals surface area (Å²) in [4.78, 5) is 37.4. The summed E-state index contributed by atoms with van der Waals surface area (Å²) in [5.41, 5.74) is -6.12. The third-order valence-electron chi connectivity index (χ3n) is 4.53. The number of carbonyl (C=O) groups excluding carboxylic acids is 3. The zero-order valence-corrected chi connectivity index (χ0v) is 20.0. The van der Waals surface area contributed by atoms with Gasteiger partial charge in [0.2, 0.25) is 0 Å². The fourth-order valence-electron chi connectivity index (χ4n) is 3.08. The van der Waals surface area contributed by atoms with Gasteiger partial charge in [0.25, 0.3) is 11.8 Å². The van der Waals surface area contributed by atoms with Gasteiger partial charge in [-0.3, -0.25) is 14.4 Å². The van der Waals surface area contributed by atoms with Crippen molar-refractivity contribution in [1.82, 2.24) is 5.06 Å². The molecular formula is C20H18F3NO7S3. The number of hydroxylamine groups is 2. The molecule has 0 atom stereocenters. The van der Waals surface area contributed by atoms with Crippen molar-refractivity contribution in [1.29, 1.82) is 0 Å². The van der Waals surface area contributed by atoms with Gasteiger partial charge in [0, 0.05) is 27.5 Å². The van der Waals surface area contributed by atoms with Crippen molar-refractivity contribution >= 4 is 62.2 Å². The molecule has 2 aromatic rings. The van der Waals surface area contributed by atoms with E-state index in [2.05, 4.69) is 4.28 Å². The van der Waals surface area contributed by atoms with Crippen LogP contribution in [0.25, 0.3) is 10.8 Å². The summed E-state index contributed by atoms with van der Waals surface area (Å²) in [5, 5.41) is 0.353. The Bertz CT molecular complexity index is 1210. The summed E-state index contributed by atoms with van der Waals surface area (Å²) in [5.74, 6) is -0.931. The van der Waals surface area contributed by atoms with Gasteiger partial charge in [-0.1, -0.05) is 12.1 Å². The first-order valence-electron chi connectivity index (χ1n) is 9.79. The van der Waals surface area contributed by atoms with Crippen LogP contribution in [-0.2, 0) is 23.9 Å². The lowest BCUT2D eigenvalue weighted by Gasteiger charge is -2.26. The smallest absolute Gasteiger partial charge is 0.466 e. The summed E-state index contributed by atoms with van der Waals surface area (Å²) < 4.78 is 69.5. The number of halogens is 3. The lowest BCUT2D eigenvalue weighted by molar-refractivity contribution is -0.142. The second-order valence-corrected chi connectivity index (χ2v) is 10.6. The van der Waals surface area contributed by atoms with Crippen LogP contribution in [0.5, 0.6) is 0 Å². The highest BCUT2D eigenvalue weighted by atomic mass is 32.2. The van der Waals surface area contributed by atoms with Crippen molar-refractivity contribution in [3.05, 3.63) is 41.5 Å². The van der Waals surface area contributed by atoms with E-state index in [0.717, 1.165) is 4.90 Å². The first kappa shape index (κ1) is 26.3. The fraction of sp³-hybridized carbons (Fsp3) is 0.350. The SMILES string of the molecule is CCOC(=O)CCSCCSc1ccc2c3c(cccc13)C(=O)N(OS(=O)(=O)C(F)(F)F)C2=O. The van der Waals surface area contributed by atoms with Crippen LogP contribution in [0.1, 0.15) is 34.1 Å². The van der Waals surface area contributed by atoms with E-state index in [1.165, 1.54) is 30.0 Å². The fourth-order valence-corrected chi connectivity index (χ4v) is 5.53. The maximum Gasteiger partial charge on any atom is 0.525 e. The molecule has 1 aliphatic heterocycles. The van der Waals surface area contributed by atoms with E-state index in [4.69, 9.17) is 4.74 Å². The summed E-state index contributed by atoms with van der Waals surface area (Å²) in [6, 6.07) is 7.29. The largest absolute Gasteiger partial charge is 0.525 e. The van der Waals surface area contributed by atoms with Crippen LogP contribution < -0.4 is 0 Å². The Morgan fingerprint density at radius 3 is 2.35 bits per heavy atom. The van der Waals surface area contributed by atoms with Crippen LogP contribution in [0.15, 0.2) is 35.2 Å². The van der Waals surface area contributed by atoms with E-state index in [-0.39, 0.29) is 27.5 Å². The van der Waals surface area contributed by atoms with E-state index in [9.17, 15) is 36.0 Å². The van der Waals surface area contributed by atoms with Gasteiger partial charge in [0.05, 0.1) is 24.2 Å². The topological polar surface area (TPSA) is 107 Å². The molecule has 8 nitrogen and oxygen atoms in total. The molecule has 0 aromatic heterocycles. The molecule has 0 spiro atoms. The highest BCUT2D eigenvalue weighted by Crippen LogP contribution is 2.37. The molecule has 0 N–H and O–H groups in total. The molecule has 0 bridgehead atoms. The number of hydrogen-bond donors (Lipinski definition) is 0. The number of amides is 2. The summed E-state index contributed by atoms with van der Waals surface area (Å²) in [6.45, 7) is 2.06. The molecule has 3 rings (SSSR count). The second-order valence-electron chi connectivity index (χ2n) is 6.73. The highest BCUT2D eigenvalue weighted by molar-refractivity contribution is 8.03. The van der Waals surface area contributed by atoms with Gasteiger partial charge in [-0.25, -0.2) is 0 Å². The average Bonchev–Trinajstić information content (AvgIpc) is 2.77. The molecule has 2 aromatic carbocycles. The number of carbonyl (C=O) groups is 3. The molecule has 34 heavy (non-hydrogen) atoms. The van der Waals surface area contributed by atoms with Crippen LogP contribution in [-0.4, -0.2) is 60.6 Å². The minimum atomic E-state index is -6.22. The zero-order chi connectivity index (χ0) is 25.1. The minimum Gasteiger partial charge on any atom is -0.466 e. The van der Waals surface area contributed by atoms with Crippen molar-refractivity contribution < 1.29 is 45.0 Å². The van der Waals surface area contributed by atoms with Gasteiger partial charge in [0.15, 0.2) is 0 Å². The number of imide groups is 1. The Kier molecular flexibility index (Phi) is 8.16. The average molecular weight is 538 g/mol. The molecule has 0 unspecified atom stereocenters. The standard InChI is InChI=1S/C20H18F3NO7S3/c1-2-30-16(25)8-9-32-10-11-33-15-7-6-14-17-12(15)4-3-5-13(17)18(26)24(19(14)27)31-34(28,29)20(21,22)23/h3-7H,2,8-11H2,1H3. The van der Waals surface area contributed by atoms with Crippen LogP contribution >= 0.6 is 23.5 Å². The van der Waals surface area contributed by atoms with Gasteiger partial charge in [-0.05, 0) is 30.5 Å². The van der Waals surface area contributed by atoms with Crippen LogP contribution in [0.2, 0.25) is 0 Å². The molecule has 0 saturated carbocycles. The third-order valence-corrected chi connectivity index (χ3v) is 7.76. The van der Waals surface area contributed by atoms with Crippen molar-refractivity contribution in [3.63, 3.8) is 0 Å². The lowest BCUT2D eigenvalue weighted by atomic mass is 9.95. The number of nitrogens with zero attached hydrogens (tertiary/aromatic N) is 1. The second kappa shape index (κ2) is 10.5. The third kappa shape index (κ3) is 5.50.